The van der Waals surface area contributed by atoms with Crippen molar-refractivity contribution in [2.45, 2.75) is 51.2 Å². The lowest BCUT2D eigenvalue weighted by molar-refractivity contribution is -0.142. The van der Waals surface area contributed by atoms with E-state index in [4.69, 9.17) is 4.74 Å². The lowest BCUT2D eigenvalue weighted by Gasteiger charge is -2.33. The molecule has 0 spiro atoms. The van der Waals surface area contributed by atoms with Crippen LogP contribution in [0.25, 0.3) is 0 Å². The van der Waals surface area contributed by atoms with Gasteiger partial charge in [0, 0.05) is 32.7 Å². The predicted molar refractivity (Wildman–Crippen MR) is 95.8 cm³/mol. The minimum atomic E-state index is -0.274. The first-order chi connectivity index (χ1) is 12.6. The number of hydrogen-bond acceptors (Lipinski definition) is 3. The molecule has 2 fully saturated rings. The van der Waals surface area contributed by atoms with Crippen molar-refractivity contribution >= 4 is 11.8 Å². The first kappa shape index (κ1) is 18.8. The normalized spacial score (nSPS) is 21.0. The summed E-state index contributed by atoms with van der Waals surface area (Å²) in [6.07, 6.45) is 4.81. The number of rotatable bonds is 6. The molecule has 0 aliphatic carbocycles. The molecule has 1 atom stereocenters. The Balaban J connectivity index is 1.32. The van der Waals surface area contributed by atoms with E-state index in [0.29, 0.717) is 25.5 Å². The third-order valence-electron chi connectivity index (χ3n) is 5.31. The molecule has 1 unspecified atom stereocenters. The van der Waals surface area contributed by atoms with Gasteiger partial charge in [0.05, 0.1) is 0 Å². The number of carbonyl (C=O) groups is 2. The zero-order chi connectivity index (χ0) is 18.4. The molecule has 0 aromatic heterocycles. The van der Waals surface area contributed by atoms with Crippen molar-refractivity contribution < 1.29 is 18.7 Å². The summed E-state index contributed by atoms with van der Waals surface area (Å²) in [6.45, 7) is 2.65. The molecule has 1 aromatic rings. The molecule has 2 aliphatic rings. The summed E-state index contributed by atoms with van der Waals surface area (Å²) in [5.41, 5.74) is 0.890. The summed E-state index contributed by atoms with van der Waals surface area (Å²) in [4.78, 5) is 26.3. The molecule has 0 saturated carbocycles. The van der Waals surface area contributed by atoms with E-state index in [9.17, 15) is 14.0 Å². The summed E-state index contributed by atoms with van der Waals surface area (Å²) < 4.78 is 18.3. The molecule has 142 valence electrons. The van der Waals surface area contributed by atoms with Crippen molar-refractivity contribution in [1.82, 2.24) is 10.2 Å². The Labute approximate surface area is 153 Å². The van der Waals surface area contributed by atoms with Gasteiger partial charge in [0.25, 0.3) is 5.91 Å². The third kappa shape index (κ3) is 5.27. The number of likely N-dealkylation sites (tertiary alicyclic amines) is 1. The quantitative estimate of drug-likeness (QED) is 0.846. The molecular weight excluding hydrogens is 335 g/mol. The summed E-state index contributed by atoms with van der Waals surface area (Å²) in [5, 5.41) is 2.88. The fraction of sp³-hybridized carbons (Fsp3) is 0.600. The summed E-state index contributed by atoms with van der Waals surface area (Å²) in [7, 11) is 0. The van der Waals surface area contributed by atoms with Gasteiger partial charge in [-0.1, -0.05) is 12.1 Å². The number of halogens is 1. The molecule has 1 N–H and O–H groups in total. The molecule has 26 heavy (non-hydrogen) atoms. The van der Waals surface area contributed by atoms with E-state index >= 15 is 0 Å². The van der Waals surface area contributed by atoms with Crippen LogP contribution >= 0.6 is 0 Å². The molecule has 0 bridgehead atoms. The molecule has 2 saturated heterocycles. The molecule has 3 rings (SSSR count). The number of carbonyl (C=O) groups excluding carboxylic acids is 2. The van der Waals surface area contributed by atoms with Crippen LogP contribution in [0.2, 0.25) is 0 Å². The average Bonchev–Trinajstić information content (AvgIpc) is 3.20. The number of ether oxygens (including phenoxy) is 1. The van der Waals surface area contributed by atoms with E-state index in [1.807, 2.05) is 4.90 Å². The highest BCUT2D eigenvalue weighted by Gasteiger charge is 2.30. The lowest BCUT2D eigenvalue weighted by atomic mass is 9.91. The SMILES string of the molecule is O=C(CCC1CCN(C(=O)C2CCCO2)CC1)NCc1ccc(F)cc1. The van der Waals surface area contributed by atoms with Gasteiger partial charge < -0.3 is 15.0 Å². The van der Waals surface area contributed by atoms with Crippen molar-refractivity contribution in [1.29, 1.82) is 0 Å². The van der Waals surface area contributed by atoms with E-state index in [-0.39, 0.29) is 23.7 Å². The molecule has 0 radical (unpaired) electrons. The van der Waals surface area contributed by atoms with Crippen LogP contribution < -0.4 is 5.32 Å². The van der Waals surface area contributed by atoms with Crippen LogP contribution in [-0.4, -0.2) is 42.5 Å². The van der Waals surface area contributed by atoms with Gasteiger partial charge in [-0.2, -0.15) is 0 Å². The highest BCUT2D eigenvalue weighted by molar-refractivity contribution is 5.81. The molecule has 2 heterocycles. The Hall–Kier alpha value is -1.95. The van der Waals surface area contributed by atoms with Gasteiger partial charge in [0.15, 0.2) is 0 Å². The van der Waals surface area contributed by atoms with Gasteiger partial charge in [0.2, 0.25) is 5.91 Å². The molecule has 2 aliphatic heterocycles. The number of amides is 2. The van der Waals surface area contributed by atoms with Crippen molar-refractivity contribution in [3.8, 4) is 0 Å². The highest BCUT2D eigenvalue weighted by atomic mass is 19.1. The number of hydrogen-bond donors (Lipinski definition) is 1. The predicted octanol–water partition coefficient (Wildman–Crippen LogP) is 2.64. The van der Waals surface area contributed by atoms with Crippen LogP contribution in [0.3, 0.4) is 0 Å². The van der Waals surface area contributed by atoms with Crippen LogP contribution in [0.4, 0.5) is 4.39 Å². The number of piperidine rings is 1. The average molecular weight is 362 g/mol. The molecule has 5 nitrogen and oxygen atoms in total. The molecular formula is C20H27FN2O3. The van der Waals surface area contributed by atoms with Crippen molar-refractivity contribution in [2.75, 3.05) is 19.7 Å². The van der Waals surface area contributed by atoms with E-state index in [0.717, 1.165) is 50.8 Å². The fourth-order valence-electron chi connectivity index (χ4n) is 3.64. The minimum absolute atomic E-state index is 0.0205. The van der Waals surface area contributed by atoms with E-state index in [1.165, 1.54) is 12.1 Å². The van der Waals surface area contributed by atoms with Gasteiger partial charge in [-0.15, -0.1) is 0 Å². The third-order valence-corrected chi connectivity index (χ3v) is 5.31. The fourth-order valence-corrected chi connectivity index (χ4v) is 3.64. The van der Waals surface area contributed by atoms with E-state index in [1.54, 1.807) is 12.1 Å². The minimum Gasteiger partial charge on any atom is -0.368 e. The monoisotopic (exact) mass is 362 g/mol. The number of benzene rings is 1. The van der Waals surface area contributed by atoms with Gasteiger partial charge in [0.1, 0.15) is 11.9 Å². The smallest absolute Gasteiger partial charge is 0.251 e. The molecule has 2 amide bonds. The Morgan fingerprint density at radius 1 is 1.15 bits per heavy atom. The van der Waals surface area contributed by atoms with Gasteiger partial charge in [-0.25, -0.2) is 4.39 Å². The van der Waals surface area contributed by atoms with Crippen molar-refractivity contribution in [3.05, 3.63) is 35.6 Å². The second-order valence-corrected chi connectivity index (χ2v) is 7.21. The Bertz CT molecular complexity index is 606. The molecule has 1 aromatic carbocycles. The largest absolute Gasteiger partial charge is 0.368 e. The van der Waals surface area contributed by atoms with Crippen LogP contribution in [0.15, 0.2) is 24.3 Å². The van der Waals surface area contributed by atoms with Crippen LogP contribution in [-0.2, 0) is 20.9 Å². The lowest BCUT2D eigenvalue weighted by Crippen LogP contribution is -2.43. The summed E-state index contributed by atoms with van der Waals surface area (Å²) in [6, 6.07) is 6.15. The van der Waals surface area contributed by atoms with Crippen LogP contribution in [0, 0.1) is 11.7 Å². The maximum absolute atomic E-state index is 12.9. The maximum Gasteiger partial charge on any atom is 0.251 e. The Morgan fingerprint density at radius 3 is 2.54 bits per heavy atom. The van der Waals surface area contributed by atoms with Crippen molar-refractivity contribution in [3.63, 3.8) is 0 Å². The zero-order valence-electron chi connectivity index (χ0n) is 15.1. The Kier molecular flexibility index (Phi) is 6.61. The Morgan fingerprint density at radius 2 is 1.88 bits per heavy atom. The van der Waals surface area contributed by atoms with Gasteiger partial charge in [-0.05, 0) is 55.7 Å². The second kappa shape index (κ2) is 9.12. The molecule has 6 heteroatoms. The van der Waals surface area contributed by atoms with E-state index < -0.39 is 0 Å². The first-order valence-corrected chi connectivity index (χ1v) is 9.53. The standard InChI is InChI=1S/C20H27FN2O3/c21-17-6-3-16(4-7-17)14-22-19(24)8-5-15-9-11-23(12-10-15)20(25)18-2-1-13-26-18/h3-4,6-7,15,18H,1-2,5,8-14H2,(H,22,24). The van der Waals surface area contributed by atoms with E-state index in [2.05, 4.69) is 5.32 Å². The van der Waals surface area contributed by atoms with Gasteiger partial charge >= 0.3 is 0 Å². The topological polar surface area (TPSA) is 58.6 Å². The highest BCUT2D eigenvalue weighted by Crippen LogP contribution is 2.24. The van der Waals surface area contributed by atoms with Gasteiger partial charge in [-0.3, -0.25) is 9.59 Å². The van der Waals surface area contributed by atoms with Crippen LogP contribution in [0.5, 0.6) is 0 Å². The van der Waals surface area contributed by atoms with Crippen molar-refractivity contribution in [2.24, 2.45) is 5.92 Å². The zero-order valence-corrected chi connectivity index (χ0v) is 15.1. The summed E-state index contributed by atoms with van der Waals surface area (Å²) >= 11 is 0. The maximum atomic E-state index is 12.9. The first-order valence-electron chi connectivity index (χ1n) is 9.53. The second-order valence-electron chi connectivity index (χ2n) is 7.21. The number of nitrogens with one attached hydrogen (secondary N) is 1. The van der Waals surface area contributed by atoms with Crippen LogP contribution in [0.1, 0.15) is 44.1 Å². The summed E-state index contributed by atoms with van der Waals surface area (Å²) in [5.74, 6) is 0.370. The number of nitrogens with zero attached hydrogens (tertiary/aromatic N) is 1.